The minimum atomic E-state index is 0.541. The van der Waals surface area contributed by atoms with Gasteiger partial charge in [-0.15, -0.1) is 0 Å². The monoisotopic (exact) mass is 318 g/mol. The van der Waals surface area contributed by atoms with Crippen molar-refractivity contribution in [2.24, 2.45) is 0 Å². The van der Waals surface area contributed by atoms with Crippen LogP contribution in [0.15, 0.2) is 22.7 Å². The summed E-state index contributed by atoms with van der Waals surface area (Å²) in [5.41, 5.74) is 1.17. The fourth-order valence-electron chi connectivity index (χ4n) is 1.56. The molecule has 0 fully saturated rings. The van der Waals surface area contributed by atoms with Crippen LogP contribution in [0, 0.1) is 0 Å². The van der Waals surface area contributed by atoms with E-state index in [4.69, 9.17) is 11.6 Å². The first-order valence-corrected chi connectivity index (χ1v) is 7.02. The van der Waals surface area contributed by atoms with Crippen LogP contribution in [0.25, 0.3) is 0 Å². The largest absolute Gasteiger partial charge is 0.313 e. The molecule has 1 N–H and O–H groups in total. The normalized spacial score (nSPS) is 11.5. The zero-order valence-corrected chi connectivity index (χ0v) is 13.0. The van der Waals surface area contributed by atoms with E-state index in [2.05, 4.69) is 53.1 Å². The summed E-state index contributed by atoms with van der Waals surface area (Å²) in [6.45, 7) is 7.22. The molecule has 96 valence electrons. The maximum absolute atomic E-state index is 6.19. The van der Waals surface area contributed by atoms with E-state index < -0.39 is 0 Å². The van der Waals surface area contributed by atoms with E-state index in [1.54, 1.807) is 0 Å². The maximum Gasteiger partial charge on any atom is 0.0462 e. The number of likely N-dealkylation sites (N-methyl/N-ethyl adjacent to an activating group) is 1. The average molecular weight is 320 g/mol. The van der Waals surface area contributed by atoms with Crippen LogP contribution in [0.1, 0.15) is 19.4 Å². The van der Waals surface area contributed by atoms with Gasteiger partial charge in [0.2, 0.25) is 0 Å². The summed E-state index contributed by atoms with van der Waals surface area (Å²) < 4.78 is 1.02. The Morgan fingerprint density at radius 2 is 2.12 bits per heavy atom. The highest BCUT2D eigenvalue weighted by atomic mass is 79.9. The van der Waals surface area contributed by atoms with Crippen molar-refractivity contribution >= 4 is 27.5 Å². The van der Waals surface area contributed by atoms with Crippen molar-refractivity contribution in [3.05, 3.63) is 33.3 Å². The second kappa shape index (κ2) is 7.37. The third-order valence-corrected chi connectivity index (χ3v) is 3.35. The van der Waals surface area contributed by atoms with Crippen LogP contribution in [0.4, 0.5) is 0 Å². The summed E-state index contributed by atoms with van der Waals surface area (Å²) in [5, 5.41) is 4.23. The second-order valence-corrected chi connectivity index (χ2v) is 5.91. The SMILES string of the molecule is CC(C)NCCN(C)Cc1ccc(Br)cc1Cl. The van der Waals surface area contributed by atoms with Crippen LogP contribution in [0.2, 0.25) is 5.02 Å². The Hall–Kier alpha value is -0.0900. The molecule has 0 saturated carbocycles. The average Bonchev–Trinajstić information content (AvgIpc) is 2.21. The van der Waals surface area contributed by atoms with Crippen molar-refractivity contribution in [2.45, 2.75) is 26.4 Å². The molecule has 0 bridgehead atoms. The van der Waals surface area contributed by atoms with Gasteiger partial charge in [-0.05, 0) is 24.7 Å². The summed E-state index contributed by atoms with van der Waals surface area (Å²) in [4.78, 5) is 2.27. The molecular formula is C13H20BrClN2. The van der Waals surface area contributed by atoms with Gasteiger partial charge < -0.3 is 10.2 Å². The lowest BCUT2D eigenvalue weighted by molar-refractivity contribution is 0.320. The quantitative estimate of drug-likeness (QED) is 0.863. The molecule has 0 amide bonds. The van der Waals surface area contributed by atoms with Crippen LogP contribution in [0.5, 0.6) is 0 Å². The Labute approximate surface area is 117 Å². The molecule has 2 nitrogen and oxygen atoms in total. The molecule has 17 heavy (non-hydrogen) atoms. The molecular weight excluding hydrogens is 300 g/mol. The fraction of sp³-hybridized carbons (Fsp3) is 0.538. The minimum absolute atomic E-state index is 0.541. The Bertz CT molecular complexity index is 355. The van der Waals surface area contributed by atoms with Gasteiger partial charge in [0, 0.05) is 35.2 Å². The first-order chi connectivity index (χ1) is 7.99. The van der Waals surface area contributed by atoms with Crippen LogP contribution in [-0.4, -0.2) is 31.1 Å². The van der Waals surface area contributed by atoms with E-state index in [9.17, 15) is 0 Å². The van der Waals surface area contributed by atoms with Gasteiger partial charge in [-0.2, -0.15) is 0 Å². The van der Waals surface area contributed by atoms with Gasteiger partial charge in [0.15, 0.2) is 0 Å². The van der Waals surface area contributed by atoms with Gasteiger partial charge >= 0.3 is 0 Å². The summed E-state index contributed by atoms with van der Waals surface area (Å²) in [5.74, 6) is 0. The molecule has 0 heterocycles. The lowest BCUT2D eigenvalue weighted by Crippen LogP contribution is -2.32. The van der Waals surface area contributed by atoms with E-state index in [0.717, 1.165) is 29.1 Å². The summed E-state index contributed by atoms with van der Waals surface area (Å²) in [6, 6.07) is 6.58. The van der Waals surface area contributed by atoms with Crippen molar-refractivity contribution in [1.82, 2.24) is 10.2 Å². The minimum Gasteiger partial charge on any atom is -0.313 e. The van der Waals surface area contributed by atoms with E-state index in [1.165, 1.54) is 5.56 Å². The Balaban J connectivity index is 2.42. The fourth-order valence-corrected chi connectivity index (χ4v) is 2.30. The molecule has 1 aromatic rings. The van der Waals surface area contributed by atoms with Crippen molar-refractivity contribution in [2.75, 3.05) is 20.1 Å². The van der Waals surface area contributed by atoms with Crippen LogP contribution < -0.4 is 5.32 Å². The van der Waals surface area contributed by atoms with Gasteiger partial charge in [0.25, 0.3) is 0 Å². The molecule has 0 spiro atoms. The smallest absolute Gasteiger partial charge is 0.0462 e. The van der Waals surface area contributed by atoms with Crippen molar-refractivity contribution in [3.63, 3.8) is 0 Å². The number of hydrogen-bond donors (Lipinski definition) is 1. The van der Waals surface area contributed by atoms with Gasteiger partial charge in [0.1, 0.15) is 0 Å². The van der Waals surface area contributed by atoms with Gasteiger partial charge in [-0.25, -0.2) is 0 Å². The molecule has 0 aliphatic carbocycles. The molecule has 1 aromatic carbocycles. The van der Waals surface area contributed by atoms with Gasteiger partial charge in [-0.3, -0.25) is 0 Å². The molecule has 0 aliphatic heterocycles. The Kier molecular flexibility index (Phi) is 6.49. The van der Waals surface area contributed by atoms with Crippen LogP contribution in [-0.2, 0) is 6.54 Å². The standard InChI is InChI=1S/C13H20BrClN2/c1-10(2)16-6-7-17(3)9-11-4-5-12(14)8-13(11)15/h4-5,8,10,16H,6-7,9H2,1-3H3. The predicted molar refractivity (Wildman–Crippen MR) is 78.6 cm³/mol. The summed E-state index contributed by atoms with van der Waals surface area (Å²) in [6.07, 6.45) is 0. The number of rotatable bonds is 6. The maximum atomic E-state index is 6.19. The topological polar surface area (TPSA) is 15.3 Å². The molecule has 0 radical (unpaired) electrons. The van der Waals surface area contributed by atoms with Crippen LogP contribution in [0.3, 0.4) is 0 Å². The molecule has 1 rings (SSSR count). The van der Waals surface area contributed by atoms with E-state index in [-0.39, 0.29) is 0 Å². The van der Waals surface area contributed by atoms with Crippen LogP contribution >= 0.6 is 27.5 Å². The highest BCUT2D eigenvalue weighted by Crippen LogP contribution is 2.22. The third-order valence-electron chi connectivity index (χ3n) is 2.50. The molecule has 0 saturated heterocycles. The predicted octanol–water partition coefficient (Wildman–Crippen LogP) is 3.53. The first kappa shape index (κ1) is 15.0. The number of hydrogen-bond acceptors (Lipinski definition) is 2. The highest BCUT2D eigenvalue weighted by Gasteiger charge is 2.05. The lowest BCUT2D eigenvalue weighted by atomic mass is 10.2. The van der Waals surface area contributed by atoms with Gasteiger partial charge in [0.05, 0.1) is 0 Å². The van der Waals surface area contributed by atoms with E-state index >= 15 is 0 Å². The number of halogens is 2. The third kappa shape index (κ3) is 5.87. The first-order valence-electron chi connectivity index (χ1n) is 5.85. The zero-order valence-electron chi connectivity index (χ0n) is 10.6. The van der Waals surface area contributed by atoms with Crippen molar-refractivity contribution in [3.8, 4) is 0 Å². The van der Waals surface area contributed by atoms with E-state index in [1.807, 2.05) is 12.1 Å². The summed E-state index contributed by atoms with van der Waals surface area (Å²) in [7, 11) is 2.11. The number of benzene rings is 1. The molecule has 4 heteroatoms. The number of nitrogens with one attached hydrogen (secondary N) is 1. The molecule has 0 aromatic heterocycles. The molecule has 0 unspecified atom stereocenters. The van der Waals surface area contributed by atoms with E-state index in [0.29, 0.717) is 6.04 Å². The second-order valence-electron chi connectivity index (χ2n) is 4.58. The lowest BCUT2D eigenvalue weighted by Gasteiger charge is -2.18. The Morgan fingerprint density at radius 1 is 1.41 bits per heavy atom. The van der Waals surface area contributed by atoms with Crippen molar-refractivity contribution < 1.29 is 0 Å². The zero-order chi connectivity index (χ0) is 12.8. The molecule has 0 atom stereocenters. The Morgan fingerprint density at radius 3 is 2.71 bits per heavy atom. The molecule has 0 aliphatic rings. The van der Waals surface area contributed by atoms with Crippen molar-refractivity contribution in [1.29, 1.82) is 0 Å². The highest BCUT2D eigenvalue weighted by molar-refractivity contribution is 9.10. The summed E-state index contributed by atoms with van der Waals surface area (Å²) >= 11 is 9.60. The van der Waals surface area contributed by atoms with Gasteiger partial charge in [-0.1, -0.05) is 47.4 Å². The number of nitrogens with zero attached hydrogens (tertiary/aromatic N) is 1.